The van der Waals surface area contributed by atoms with E-state index in [1.165, 1.54) is 24.3 Å². The van der Waals surface area contributed by atoms with Gasteiger partial charge in [0.2, 0.25) is 0 Å². The monoisotopic (exact) mass is 351 g/mol. The van der Waals surface area contributed by atoms with Gasteiger partial charge in [-0.3, -0.25) is 9.78 Å². The highest BCUT2D eigenvalue weighted by Gasteiger charge is 2.74. The Morgan fingerprint density at radius 3 is 1.71 bits per heavy atom. The Kier molecular flexibility index (Phi) is 4.38. The fourth-order valence-corrected chi connectivity index (χ4v) is 1.94. The zero-order chi connectivity index (χ0) is 18.2. The number of pyridine rings is 1. The molecule has 128 valence electrons. The van der Waals surface area contributed by atoms with Crippen molar-refractivity contribution in [3.63, 3.8) is 0 Å². The van der Waals surface area contributed by atoms with Crippen LogP contribution in [0.4, 0.5) is 30.7 Å². The lowest BCUT2D eigenvalue weighted by atomic mass is 9.98. The molecule has 0 saturated heterocycles. The van der Waals surface area contributed by atoms with Crippen LogP contribution in [-0.4, -0.2) is 23.1 Å². The quantitative estimate of drug-likeness (QED) is 0.597. The second-order valence-electron chi connectivity index (χ2n) is 4.78. The first kappa shape index (κ1) is 17.9. The summed E-state index contributed by atoms with van der Waals surface area (Å²) in [6, 6.07) is 8.34. The minimum Gasteiger partial charge on any atom is -0.289 e. The van der Waals surface area contributed by atoms with E-state index in [0.29, 0.717) is 12.3 Å². The molecule has 1 heterocycles. The minimum absolute atomic E-state index is 0.158. The van der Waals surface area contributed by atoms with E-state index >= 15 is 0 Å². The van der Waals surface area contributed by atoms with Crippen LogP contribution in [0.15, 0.2) is 48.7 Å². The SMILES string of the molecule is O=C(c1ccccc1)c1ccc(C(F)(C(F)(F)F)C(F)(F)F)nc1. The topological polar surface area (TPSA) is 30.0 Å². The molecule has 0 aliphatic carbocycles. The second kappa shape index (κ2) is 5.88. The van der Waals surface area contributed by atoms with Gasteiger partial charge in [0.15, 0.2) is 5.78 Å². The van der Waals surface area contributed by atoms with Crippen molar-refractivity contribution in [1.82, 2.24) is 4.98 Å². The summed E-state index contributed by atoms with van der Waals surface area (Å²) < 4.78 is 89.4. The highest BCUT2D eigenvalue weighted by molar-refractivity contribution is 6.08. The summed E-state index contributed by atoms with van der Waals surface area (Å²) in [5, 5.41) is 0. The molecule has 0 amide bonds. The molecule has 0 saturated carbocycles. The van der Waals surface area contributed by atoms with Crippen molar-refractivity contribution in [1.29, 1.82) is 0 Å². The van der Waals surface area contributed by atoms with Crippen LogP contribution >= 0.6 is 0 Å². The predicted octanol–water partition coefficient (Wildman–Crippen LogP) is 4.60. The molecule has 1 aromatic heterocycles. The molecule has 0 unspecified atom stereocenters. The predicted molar refractivity (Wildman–Crippen MR) is 69.0 cm³/mol. The Balaban J connectivity index is 2.43. The van der Waals surface area contributed by atoms with E-state index in [2.05, 4.69) is 4.98 Å². The van der Waals surface area contributed by atoms with Gasteiger partial charge in [-0.2, -0.15) is 26.3 Å². The van der Waals surface area contributed by atoms with E-state index in [1.54, 1.807) is 6.07 Å². The van der Waals surface area contributed by atoms with Crippen molar-refractivity contribution >= 4 is 5.78 Å². The standard InChI is InChI=1S/C15H8F7NO/c16-13(14(17,18)19,15(20,21)22)11-7-6-10(8-23-11)12(24)9-4-2-1-3-5-9/h1-8H. The molecule has 1 aromatic carbocycles. The zero-order valence-electron chi connectivity index (χ0n) is 11.6. The van der Waals surface area contributed by atoms with Gasteiger partial charge in [0, 0.05) is 17.3 Å². The highest BCUT2D eigenvalue weighted by Crippen LogP contribution is 2.52. The Labute approximate surface area is 130 Å². The first-order chi connectivity index (χ1) is 11.0. The number of aromatic nitrogens is 1. The fraction of sp³-hybridized carbons (Fsp3) is 0.200. The summed E-state index contributed by atoms with van der Waals surface area (Å²) in [7, 11) is 0. The molecule has 0 spiro atoms. The Morgan fingerprint density at radius 1 is 0.750 bits per heavy atom. The summed E-state index contributed by atoms with van der Waals surface area (Å²) >= 11 is 0. The van der Waals surface area contributed by atoms with E-state index in [4.69, 9.17) is 0 Å². The van der Waals surface area contributed by atoms with Gasteiger partial charge in [0.1, 0.15) is 0 Å². The van der Waals surface area contributed by atoms with Crippen LogP contribution in [0.3, 0.4) is 0 Å². The van der Waals surface area contributed by atoms with E-state index < -0.39 is 29.5 Å². The van der Waals surface area contributed by atoms with Crippen LogP contribution in [0.1, 0.15) is 21.6 Å². The molecule has 0 N–H and O–H groups in total. The maximum atomic E-state index is 13.8. The number of hydrogen-bond donors (Lipinski definition) is 0. The lowest BCUT2D eigenvalue weighted by Crippen LogP contribution is -2.50. The third-order valence-electron chi connectivity index (χ3n) is 3.20. The molecule has 0 bridgehead atoms. The van der Waals surface area contributed by atoms with Gasteiger partial charge in [0.05, 0.1) is 5.69 Å². The molecule has 24 heavy (non-hydrogen) atoms. The molecular formula is C15H8F7NO. The Bertz CT molecular complexity index is 706. The van der Waals surface area contributed by atoms with Crippen LogP contribution in [0.5, 0.6) is 0 Å². The molecular weight excluding hydrogens is 343 g/mol. The summed E-state index contributed by atoms with van der Waals surface area (Å²) in [4.78, 5) is 14.9. The number of benzene rings is 1. The number of hydrogen-bond acceptors (Lipinski definition) is 2. The van der Waals surface area contributed by atoms with Crippen molar-refractivity contribution in [2.24, 2.45) is 0 Å². The largest absolute Gasteiger partial charge is 0.437 e. The zero-order valence-corrected chi connectivity index (χ0v) is 11.6. The van der Waals surface area contributed by atoms with Gasteiger partial charge in [-0.05, 0) is 12.1 Å². The number of nitrogens with zero attached hydrogens (tertiary/aromatic N) is 1. The van der Waals surface area contributed by atoms with Crippen LogP contribution in [0.25, 0.3) is 0 Å². The van der Waals surface area contributed by atoms with Gasteiger partial charge in [0.25, 0.3) is 0 Å². The van der Waals surface area contributed by atoms with Crippen molar-refractivity contribution in [3.05, 3.63) is 65.5 Å². The smallest absolute Gasteiger partial charge is 0.289 e. The van der Waals surface area contributed by atoms with Crippen LogP contribution in [-0.2, 0) is 5.67 Å². The molecule has 0 aliphatic rings. The lowest BCUT2D eigenvalue weighted by molar-refractivity contribution is -0.350. The number of rotatable bonds is 3. The molecule has 9 heteroatoms. The minimum atomic E-state index is -6.25. The van der Waals surface area contributed by atoms with Gasteiger partial charge in [-0.15, -0.1) is 0 Å². The number of alkyl halides is 7. The maximum Gasteiger partial charge on any atom is 0.437 e. The lowest BCUT2D eigenvalue weighted by Gasteiger charge is -2.29. The van der Waals surface area contributed by atoms with E-state index in [-0.39, 0.29) is 17.2 Å². The van der Waals surface area contributed by atoms with Crippen molar-refractivity contribution in [2.45, 2.75) is 18.0 Å². The van der Waals surface area contributed by atoms with Crippen LogP contribution < -0.4 is 0 Å². The summed E-state index contributed by atoms with van der Waals surface area (Å²) in [6.45, 7) is 0. The molecule has 0 fully saturated rings. The Morgan fingerprint density at radius 2 is 1.29 bits per heavy atom. The number of ketones is 1. The van der Waals surface area contributed by atoms with E-state index in [9.17, 15) is 35.5 Å². The molecule has 0 radical (unpaired) electrons. The van der Waals surface area contributed by atoms with Gasteiger partial charge in [-0.1, -0.05) is 30.3 Å². The molecule has 0 atom stereocenters. The average molecular weight is 351 g/mol. The average Bonchev–Trinajstić information content (AvgIpc) is 2.52. The van der Waals surface area contributed by atoms with E-state index in [1.807, 2.05) is 0 Å². The van der Waals surface area contributed by atoms with Crippen LogP contribution in [0.2, 0.25) is 0 Å². The third kappa shape index (κ3) is 2.98. The van der Waals surface area contributed by atoms with Crippen molar-refractivity contribution in [3.8, 4) is 0 Å². The van der Waals surface area contributed by atoms with Crippen molar-refractivity contribution < 1.29 is 35.5 Å². The van der Waals surface area contributed by atoms with E-state index in [0.717, 1.165) is 0 Å². The molecule has 2 aromatic rings. The normalized spacial score (nSPS) is 13.0. The maximum absolute atomic E-state index is 13.8. The highest BCUT2D eigenvalue weighted by atomic mass is 19.4. The van der Waals surface area contributed by atoms with Gasteiger partial charge < -0.3 is 0 Å². The number of halogens is 7. The molecule has 2 nitrogen and oxygen atoms in total. The molecule has 0 aliphatic heterocycles. The third-order valence-corrected chi connectivity index (χ3v) is 3.20. The summed E-state index contributed by atoms with van der Waals surface area (Å²) in [5.74, 6) is -0.668. The number of carbonyl (C=O) groups is 1. The van der Waals surface area contributed by atoms with Gasteiger partial charge >= 0.3 is 18.0 Å². The Hall–Kier alpha value is -2.45. The fourth-order valence-electron chi connectivity index (χ4n) is 1.94. The van der Waals surface area contributed by atoms with Crippen molar-refractivity contribution in [2.75, 3.05) is 0 Å². The summed E-state index contributed by atoms with van der Waals surface area (Å²) in [5.41, 5.74) is -7.61. The first-order valence-electron chi connectivity index (χ1n) is 6.37. The molecule has 2 rings (SSSR count). The van der Waals surface area contributed by atoms with Crippen LogP contribution in [0, 0.1) is 0 Å². The number of carbonyl (C=O) groups excluding carboxylic acids is 1. The first-order valence-corrected chi connectivity index (χ1v) is 6.37. The van der Waals surface area contributed by atoms with Gasteiger partial charge in [-0.25, -0.2) is 4.39 Å². The second-order valence-corrected chi connectivity index (χ2v) is 4.78. The summed E-state index contributed by atoms with van der Waals surface area (Å²) in [6.07, 6.45) is -12.0.